The molecule has 0 aliphatic carbocycles. The minimum Gasteiger partial charge on any atom is -0.341 e. The number of carbonyl (C=O) groups is 1. The van der Waals surface area contributed by atoms with Crippen LogP contribution >= 0.6 is 23.6 Å². The number of likely N-dealkylation sites (tertiary alicyclic amines) is 1. The van der Waals surface area contributed by atoms with Gasteiger partial charge in [-0.25, -0.2) is 0 Å². The Kier molecular flexibility index (Phi) is 4.69. The summed E-state index contributed by atoms with van der Waals surface area (Å²) in [5.74, 6) is 0.255. The molecule has 1 amide bonds. The van der Waals surface area contributed by atoms with Crippen LogP contribution in [-0.2, 0) is 11.2 Å². The first kappa shape index (κ1) is 15.7. The first-order valence-electron chi connectivity index (χ1n) is 7.24. The van der Waals surface area contributed by atoms with Gasteiger partial charge in [-0.05, 0) is 43.8 Å². The number of amides is 1. The van der Waals surface area contributed by atoms with E-state index in [0.29, 0.717) is 12.5 Å². The van der Waals surface area contributed by atoms with Gasteiger partial charge in [0, 0.05) is 23.2 Å². The summed E-state index contributed by atoms with van der Waals surface area (Å²) in [5.41, 5.74) is 1.31. The van der Waals surface area contributed by atoms with E-state index < -0.39 is 0 Å². The van der Waals surface area contributed by atoms with E-state index in [9.17, 15) is 4.79 Å². The molecular weight excluding hydrogens is 288 g/mol. The summed E-state index contributed by atoms with van der Waals surface area (Å²) in [6.45, 7) is 9.64. The van der Waals surface area contributed by atoms with Crippen molar-refractivity contribution in [3.63, 3.8) is 0 Å². The van der Waals surface area contributed by atoms with E-state index in [1.165, 1.54) is 11.3 Å². The lowest BCUT2D eigenvalue weighted by atomic mass is 9.87. The molecule has 1 aromatic heterocycles. The fourth-order valence-corrected chi connectivity index (χ4v) is 4.21. The zero-order valence-corrected chi connectivity index (χ0v) is 14.4. The first-order chi connectivity index (χ1) is 9.26. The monoisotopic (exact) mass is 312 g/mol. The number of H-pyrrole nitrogens is 1. The number of nitrogens with zero attached hydrogens (tertiary/aromatic N) is 1. The summed E-state index contributed by atoms with van der Waals surface area (Å²) in [6, 6.07) is 0.412. The second-order valence-electron chi connectivity index (χ2n) is 6.89. The molecule has 2 rings (SSSR count). The number of hydrogen-bond acceptors (Lipinski definition) is 3. The van der Waals surface area contributed by atoms with Crippen molar-refractivity contribution in [2.45, 2.75) is 59.4 Å². The van der Waals surface area contributed by atoms with E-state index in [4.69, 9.17) is 12.2 Å². The van der Waals surface area contributed by atoms with Crippen molar-refractivity contribution in [2.75, 3.05) is 6.54 Å². The number of nitrogens with one attached hydrogen (secondary N) is 1. The van der Waals surface area contributed by atoms with Gasteiger partial charge >= 0.3 is 0 Å². The standard InChI is InChI=1S/C15H24N2OS2/c1-10-12(20-14(19)16-10)8-13(18)17-7-5-6-11(17)9-15(2,3)4/h11H,5-9H2,1-4H3,(H,16,19). The lowest BCUT2D eigenvalue weighted by molar-refractivity contribution is -0.131. The molecule has 0 spiro atoms. The molecule has 0 aromatic carbocycles. The van der Waals surface area contributed by atoms with Gasteiger partial charge in [0.1, 0.15) is 0 Å². The van der Waals surface area contributed by atoms with Crippen LogP contribution in [0, 0.1) is 16.3 Å². The number of aromatic nitrogens is 1. The van der Waals surface area contributed by atoms with Gasteiger partial charge in [-0.3, -0.25) is 4.79 Å². The Balaban J connectivity index is 2.04. The maximum Gasteiger partial charge on any atom is 0.228 e. The van der Waals surface area contributed by atoms with Crippen LogP contribution in [0.25, 0.3) is 0 Å². The molecule has 1 fully saturated rings. The molecule has 1 unspecified atom stereocenters. The highest BCUT2D eigenvalue weighted by atomic mass is 32.1. The zero-order chi connectivity index (χ0) is 14.9. The van der Waals surface area contributed by atoms with Crippen LogP contribution in [0.5, 0.6) is 0 Å². The van der Waals surface area contributed by atoms with E-state index >= 15 is 0 Å². The molecule has 112 valence electrons. The van der Waals surface area contributed by atoms with E-state index in [-0.39, 0.29) is 11.3 Å². The van der Waals surface area contributed by atoms with E-state index in [0.717, 1.165) is 40.3 Å². The van der Waals surface area contributed by atoms with Gasteiger partial charge in [-0.15, -0.1) is 11.3 Å². The van der Waals surface area contributed by atoms with Crippen LogP contribution in [0.3, 0.4) is 0 Å². The minimum absolute atomic E-state index is 0.255. The average Bonchev–Trinajstić information content (AvgIpc) is 2.84. The third-order valence-electron chi connectivity index (χ3n) is 3.78. The Morgan fingerprint density at radius 1 is 1.50 bits per heavy atom. The smallest absolute Gasteiger partial charge is 0.228 e. The van der Waals surface area contributed by atoms with Gasteiger partial charge in [-0.1, -0.05) is 20.8 Å². The van der Waals surface area contributed by atoms with Crippen molar-refractivity contribution in [3.05, 3.63) is 14.5 Å². The van der Waals surface area contributed by atoms with Gasteiger partial charge in [0.15, 0.2) is 3.95 Å². The molecule has 0 saturated carbocycles. The Bertz CT molecular complexity index is 539. The van der Waals surface area contributed by atoms with Crippen LogP contribution in [0.15, 0.2) is 0 Å². The normalized spacial score (nSPS) is 19.6. The number of aromatic amines is 1. The summed E-state index contributed by atoms with van der Waals surface area (Å²) in [6.07, 6.45) is 3.85. The van der Waals surface area contributed by atoms with Gasteiger partial charge in [-0.2, -0.15) is 0 Å². The second kappa shape index (κ2) is 5.98. The molecule has 1 N–H and O–H groups in total. The number of thiazole rings is 1. The van der Waals surface area contributed by atoms with Gasteiger partial charge < -0.3 is 9.88 Å². The van der Waals surface area contributed by atoms with Crippen molar-refractivity contribution in [3.8, 4) is 0 Å². The molecule has 3 nitrogen and oxygen atoms in total. The predicted octanol–water partition coefficient (Wildman–Crippen LogP) is 4.08. The quantitative estimate of drug-likeness (QED) is 0.854. The third kappa shape index (κ3) is 3.92. The Hall–Kier alpha value is -0.680. The Morgan fingerprint density at radius 2 is 2.20 bits per heavy atom. The molecule has 5 heteroatoms. The van der Waals surface area contributed by atoms with Crippen molar-refractivity contribution >= 4 is 29.5 Å². The second-order valence-corrected chi connectivity index (χ2v) is 8.66. The summed E-state index contributed by atoms with van der Waals surface area (Å²) < 4.78 is 0.762. The number of aryl methyl sites for hydroxylation is 1. The summed E-state index contributed by atoms with van der Waals surface area (Å²) in [7, 11) is 0. The van der Waals surface area contributed by atoms with Crippen LogP contribution < -0.4 is 0 Å². The van der Waals surface area contributed by atoms with Crippen molar-refractivity contribution in [2.24, 2.45) is 5.41 Å². The summed E-state index contributed by atoms with van der Waals surface area (Å²) in [4.78, 5) is 18.8. The molecule has 1 aromatic rings. The number of carbonyl (C=O) groups excluding carboxylic acids is 1. The van der Waals surface area contributed by atoms with Crippen LogP contribution in [0.2, 0.25) is 0 Å². The first-order valence-corrected chi connectivity index (χ1v) is 8.47. The van der Waals surface area contributed by atoms with Crippen LogP contribution in [-0.4, -0.2) is 28.4 Å². The van der Waals surface area contributed by atoms with Crippen molar-refractivity contribution in [1.29, 1.82) is 0 Å². The topological polar surface area (TPSA) is 36.1 Å². The van der Waals surface area contributed by atoms with E-state index in [1.54, 1.807) is 0 Å². The van der Waals surface area contributed by atoms with Crippen molar-refractivity contribution in [1.82, 2.24) is 9.88 Å². The fourth-order valence-electron chi connectivity index (χ4n) is 2.93. The predicted molar refractivity (Wildman–Crippen MR) is 86.8 cm³/mol. The molecule has 0 radical (unpaired) electrons. The van der Waals surface area contributed by atoms with Crippen LogP contribution in [0.1, 0.15) is 50.6 Å². The lowest BCUT2D eigenvalue weighted by Crippen LogP contribution is -2.38. The maximum atomic E-state index is 12.6. The number of hydrogen-bond donors (Lipinski definition) is 1. The highest BCUT2D eigenvalue weighted by Gasteiger charge is 2.31. The largest absolute Gasteiger partial charge is 0.341 e. The average molecular weight is 313 g/mol. The van der Waals surface area contributed by atoms with Crippen molar-refractivity contribution < 1.29 is 4.79 Å². The highest BCUT2D eigenvalue weighted by Crippen LogP contribution is 2.30. The van der Waals surface area contributed by atoms with Gasteiger partial charge in [0.05, 0.1) is 6.42 Å². The zero-order valence-electron chi connectivity index (χ0n) is 12.8. The number of rotatable bonds is 3. The summed E-state index contributed by atoms with van der Waals surface area (Å²) >= 11 is 6.67. The molecule has 1 atom stereocenters. The SMILES string of the molecule is Cc1[nH]c(=S)sc1CC(=O)N1CCCC1CC(C)(C)C. The summed E-state index contributed by atoms with van der Waals surface area (Å²) in [5, 5.41) is 0. The lowest BCUT2D eigenvalue weighted by Gasteiger charge is -2.30. The Labute approximate surface area is 130 Å². The Morgan fingerprint density at radius 3 is 2.75 bits per heavy atom. The van der Waals surface area contributed by atoms with Gasteiger partial charge in [0.2, 0.25) is 5.91 Å². The molecule has 20 heavy (non-hydrogen) atoms. The minimum atomic E-state index is 0.255. The third-order valence-corrected chi connectivity index (χ3v) is 5.12. The molecule has 0 bridgehead atoms. The maximum absolute atomic E-state index is 12.6. The van der Waals surface area contributed by atoms with Gasteiger partial charge in [0.25, 0.3) is 0 Å². The molecule has 1 saturated heterocycles. The molecule has 1 aliphatic heterocycles. The van der Waals surface area contributed by atoms with E-state index in [2.05, 4.69) is 30.7 Å². The molecule has 1 aliphatic rings. The van der Waals surface area contributed by atoms with Crippen LogP contribution in [0.4, 0.5) is 0 Å². The molecule has 2 heterocycles. The highest BCUT2D eigenvalue weighted by molar-refractivity contribution is 7.73. The fraction of sp³-hybridized carbons (Fsp3) is 0.733. The van der Waals surface area contributed by atoms with E-state index in [1.807, 2.05) is 6.92 Å². The molecular formula is C15H24N2OS2.